The number of hydroxylamine groups is 3. The van der Waals surface area contributed by atoms with Crippen molar-refractivity contribution in [1.29, 1.82) is 0 Å². The van der Waals surface area contributed by atoms with Crippen molar-refractivity contribution >= 4 is 5.91 Å². The molecule has 2 atom stereocenters. The highest BCUT2D eigenvalue weighted by Gasteiger charge is 2.33. The number of rotatable bonds is 5. The van der Waals surface area contributed by atoms with Crippen LogP contribution in [0.5, 0.6) is 0 Å². The molecule has 1 amide bonds. The fourth-order valence-corrected chi connectivity index (χ4v) is 2.78. The zero-order valence-electron chi connectivity index (χ0n) is 13.0. The second kappa shape index (κ2) is 7.69. The van der Waals surface area contributed by atoms with Crippen LogP contribution in [0.25, 0.3) is 0 Å². The molecule has 6 heteroatoms. The molecule has 0 bridgehead atoms. The van der Waals surface area contributed by atoms with E-state index in [4.69, 9.17) is 10.0 Å². The fourth-order valence-electron chi connectivity index (χ4n) is 2.78. The van der Waals surface area contributed by atoms with Crippen LogP contribution in [0.3, 0.4) is 0 Å². The van der Waals surface area contributed by atoms with E-state index in [-0.39, 0.29) is 6.54 Å². The normalized spacial score (nSPS) is 22.8. The van der Waals surface area contributed by atoms with Crippen LogP contribution >= 0.6 is 0 Å². The zero-order chi connectivity index (χ0) is 16.1. The maximum atomic E-state index is 11.7. The fraction of sp³-hybridized carbons (Fsp3) is 0.562. The number of aliphatic hydroxyl groups excluding tert-OH is 1. The minimum absolute atomic E-state index is 0.252. The Bertz CT molecular complexity index is 507. The predicted molar refractivity (Wildman–Crippen MR) is 81.0 cm³/mol. The Morgan fingerprint density at radius 2 is 2.14 bits per heavy atom. The second-order valence-electron chi connectivity index (χ2n) is 5.95. The van der Waals surface area contributed by atoms with Crippen molar-refractivity contribution in [2.45, 2.75) is 51.4 Å². The van der Waals surface area contributed by atoms with Gasteiger partial charge in [-0.05, 0) is 29.9 Å². The molecule has 0 aromatic heterocycles. The Morgan fingerprint density at radius 3 is 2.82 bits per heavy atom. The largest absolute Gasteiger partial charge is 0.392 e. The van der Waals surface area contributed by atoms with E-state index in [0.717, 1.165) is 5.56 Å². The number of β-amino-alcohol motifs (C(OH)–C–C–N with tert-alkyl or cyclic N) is 1. The van der Waals surface area contributed by atoms with E-state index in [0.29, 0.717) is 25.4 Å². The van der Waals surface area contributed by atoms with Crippen molar-refractivity contribution in [3.8, 4) is 0 Å². The van der Waals surface area contributed by atoms with Crippen LogP contribution in [0, 0.1) is 0 Å². The zero-order valence-corrected chi connectivity index (χ0v) is 13.0. The van der Waals surface area contributed by atoms with Crippen molar-refractivity contribution in [3.63, 3.8) is 0 Å². The first-order chi connectivity index (χ1) is 10.5. The van der Waals surface area contributed by atoms with E-state index < -0.39 is 18.1 Å². The number of piperidine rings is 1. The molecule has 0 saturated carbocycles. The van der Waals surface area contributed by atoms with E-state index >= 15 is 0 Å². The van der Waals surface area contributed by atoms with E-state index in [2.05, 4.69) is 19.9 Å². The van der Waals surface area contributed by atoms with Gasteiger partial charge in [0, 0.05) is 0 Å². The highest BCUT2D eigenvalue weighted by Crippen LogP contribution is 2.23. The number of nitrogens with one attached hydrogen (secondary N) is 1. The lowest BCUT2D eigenvalue weighted by molar-refractivity contribution is -0.224. The SMILES string of the molecule is CC(C)c1ccccc1CON1C[C@H](O)CC[C@@H]1C(=O)NO. The summed E-state index contributed by atoms with van der Waals surface area (Å²) < 4.78 is 0. The first kappa shape index (κ1) is 16.9. The Kier molecular flexibility index (Phi) is 5.90. The minimum Gasteiger partial charge on any atom is -0.392 e. The Hall–Kier alpha value is -1.47. The third-order valence-corrected chi connectivity index (χ3v) is 3.99. The van der Waals surface area contributed by atoms with Crippen LogP contribution in [0.2, 0.25) is 0 Å². The summed E-state index contributed by atoms with van der Waals surface area (Å²) in [6, 6.07) is 7.42. The third kappa shape index (κ3) is 4.04. The van der Waals surface area contributed by atoms with Gasteiger partial charge >= 0.3 is 0 Å². The molecule has 2 rings (SSSR count). The van der Waals surface area contributed by atoms with Crippen LogP contribution in [-0.2, 0) is 16.2 Å². The molecular weight excluding hydrogens is 284 g/mol. The van der Waals surface area contributed by atoms with Gasteiger partial charge in [-0.25, -0.2) is 5.48 Å². The highest BCUT2D eigenvalue weighted by atomic mass is 16.7. The van der Waals surface area contributed by atoms with E-state index in [9.17, 15) is 9.90 Å². The molecule has 0 spiro atoms. The standard InChI is InChI=1S/C16H24N2O4/c1-11(2)14-6-4-3-5-12(14)10-22-18-9-13(19)7-8-15(18)16(20)17-21/h3-6,11,13,15,19,21H,7-10H2,1-2H3,(H,17,20)/t13-,15-/m1/s1. The molecule has 1 aliphatic heterocycles. The van der Waals surface area contributed by atoms with Gasteiger partial charge in [0.1, 0.15) is 6.04 Å². The van der Waals surface area contributed by atoms with Gasteiger partial charge < -0.3 is 5.11 Å². The molecule has 22 heavy (non-hydrogen) atoms. The van der Waals surface area contributed by atoms with Crippen molar-refractivity contribution in [2.75, 3.05) is 6.54 Å². The average Bonchev–Trinajstić information content (AvgIpc) is 2.52. The molecule has 1 heterocycles. The number of hydrogen-bond acceptors (Lipinski definition) is 5. The van der Waals surface area contributed by atoms with Gasteiger partial charge in [0.05, 0.1) is 19.3 Å². The maximum Gasteiger partial charge on any atom is 0.263 e. The van der Waals surface area contributed by atoms with Gasteiger partial charge in [-0.15, -0.1) is 0 Å². The van der Waals surface area contributed by atoms with Crippen molar-refractivity contribution in [1.82, 2.24) is 10.5 Å². The van der Waals surface area contributed by atoms with Crippen molar-refractivity contribution in [2.24, 2.45) is 0 Å². The summed E-state index contributed by atoms with van der Waals surface area (Å²) in [6.07, 6.45) is 0.433. The lowest BCUT2D eigenvalue weighted by Gasteiger charge is -2.35. The number of benzene rings is 1. The molecule has 1 aromatic rings. The molecule has 3 N–H and O–H groups in total. The summed E-state index contributed by atoms with van der Waals surface area (Å²) >= 11 is 0. The monoisotopic (exact) mass is 308 g/mol. The Morgan fingerprint density at radius 1 is 1.41 bits per heavy atom. The topological polar surface area (TPSA) is 82.0 Å². The number of carbonyl (C=O) groups excluding carboxylic acids is 1. The molecule has 1 saturated heterocycles. The van der Waals surface area contributed by atoms with Crippen LogP contribution in [0.4, 0.5) is 0 Å². The Balaban J connectivity index is 2.06. The summed E-state index contributed by atoms with van der Waals surface area (Å²) in [5.74, 6) is -0.132. The van der Waals surface area contributed by atoms with Crippen LogP contribution in [-0.4, -0.2) is 40.0 Å². The van der Waals surface area contributed by atoms with Gasteiger partial charge in [0.2, 0.25) is 0 Å². The molecule has 122 valence electrons. The van der Waals surface area contributed by atoms with Gasteiger partial charge in [-0.2, -0.15) is 5.06 Å². The number of amides is 1. The number of nitrogens with zero attached hydrogens (tertiary/aromatic N) is 1. The lowest BCUT2D eigenvalue weighted by atomic mass is 9.98. The van der Waals surface area contributed by atoms with Crippen molar-refractivity contribution in [3.05, 3.63) is 35.4 Å². The molecule has 0 aliphatic carbocycles. The molecule has 0 radical (unpaired) electrons. The average molecular weight is 308 g/mol. The summed E-state index contributed by atoms with van der Waals surface area (Å²) in [5, 5.41) is 20.1. The molecule has 1 aliphatic rings. The van der Waals surface area contributed by atoms with Gasteiger partial charge in [-0.1, -0.05) is 38.1 Å². The van der Waals surface area contributed by atoms with Gasteiger partial charge in [-0.3, -0.25) is 14.8 Å². The summed E-state index contributed by atoms with van der Waals surface area (Å²) in [5.41, 5.74) is 3.92. The van der Waals surface area contributed by atoms with Gasteiger partial charge in [0.25, 0.3) is 5.91 Å². The lowest BCUT2D eigenvalue weighted by Crippen LogP contribution is -2.52. The molecule has 1 fully saturated rings. The molecule has 1 aromatic carbocycles. The van der Waals surface area contributed by atoms with Gasteiger partial charge in [0.15, 0.2) is 0 Å². The molecular formula is C16H24N2O4. The quantitative estimate of drug-likeness (QED) is 0.568. The smallest absolute Gasteiger partial charge is 0.263 e. The Labute approximate surface area is 130 Å². The number of carbonyl (C=O) groups is 1. The summed E-state index contributed by atoms with van der Waals surface area (Å²) in [6.45, 7) is 4.81. The van der Waals surface area contributed by atoms with E-state index in [1.807, 2.05) is 18.2 Å². The maximum absolute atomic E-state index is 11.7. The third-order valence-electron chi connectivity index (χ3n) is 3.99. The van der Waals surface area contributed by atoms with Crippen molar-refractivity contribution < 1.29 is 19.9 Å². The minimum atomic E-state index is -0.584. The van der Waals surface area contributed by atoms with Crippen LogP contribution in [0.1, 0.15) is 43.7 Å². The second-order valence-corrected chi connectivity index (χ2v) is 5.95. The molecule has 0 unspecified atom stereocenters. The summed E-state index contributed by atoms with van der Waals surface area (Å²) in [4.78, 5) is 17.5. The highest BCUT2D eigenvalue weighted by molar-refractivity contribution is 5.80. The van der Waals surface area contributed by atoms with Crippen LogP contribution < -0.4 is 5.48 Å². The molecule has 6 nitrogen and oxygen atoms in total. The summed E-state index contributed by atoms with van der Waals surface area (Å²) in [7, 11) is 0. The van der Waals surface area contributed by atoms with Crippen LogP contribution in [0.15, 0.2) is 24.3 Å². The first-order valence-electron chi connectivity index (χ1n) is 7.62. The predicted octanol–water partition coefficient (Wildman–Crippen LogP) is 1.57. The number of aliphatic hydroxyl groups is 1. The van der Waals surface area contributed by atoms with E-state index in [1.54, 1.807) is 5.48 Å². The van der Waals surface area contributed by atoms with E-state index in [1.165, 1.54) is 10.6 Å². The number of hydrogen-bond donors (Lipinski definition) is 3. The first-order valence-corrected chi connectivity index (χ1v) is 7.62.